The Hall–Kier alpha value is -0.900. The number of esters is 1. The van der Waals surface area contributed by atoms with E-state index in [4.69, 9.17) is 4.74 Å². The highest BCUT2D eigenvalue weighted by Crippen LogP contribution is 2.09. The van der Waals surface area contributed by atoms with E-state index >= 15 is 0 Å². The maximum absolute atomic E-state index is 10.9. The molecule has 0 fully saturated rings. The zero-order valence-corrected chi connectivity index (χ0v) is 7.84. The highest BCUT2D eigenvalue weighted by atomic mass is 16.6. The van der Waals surface area contributed by atoms with Gasteiger partial charge in [0, 0.05) is 0 Å². The smallest absolute Gasteiger partial charge is 0.331 e. The quantitative estimate of drug-likeness (QED) is 0.584. The minimum atomic E-state index is -0.909. The van der Waals surface area contributed by atoms with E-state index in [-0.39, 0.29) is 12.4 Å². The third kappa shape index (κ3) is 3.48. The molecule has 0 aromatic heterocycles. The molecular weight excluding hydrogens is 160 g/mol. The molecule has 4 nitrogen and oxygen atoms in total. The van der Waals surface area contributed by atoms with Gasteiger partial charge in [-0.25, -0.2) is 4.79 Å². The van der Waals surface area contributed by atoms with Crippen molar-refractivity contribution in [1.82, 2.24) is 0 Å². The maximum atomic E-state index is 10.9. The Morgan fingerprint density at radius 3 is 2.17 bits per heavy atom. The van der Waals surface area contributed by atoms with E-state index in [0.29, 0.717) is 0 Å². The minimum Gasteiger partial charge on any atom is -0.467 e. The number of ketones is 1. The zero-order chi connectivity index (χ0) is 9.78. The van der Waals surface area contributed by atoms with Crippen LogP contribution in [0.2, 0.25) is 0 Å². The Balaban J connectivity index is 3.92. The molecule has 0 saturated carbocycles. The van der Waals surface area contributed by atoms with Gasteiger partial charge in [0.15, 0.2) is 5.78 Å². The molecule has 0 aliphatic rings. The number of carbonyl (C=O) groups is 2. The average molecular weight is 174 g/mol. The van der Waals surface area contributed by atoms with Crippen molar-refractivity contribution in [3.63, 3.8) is 0 Å². The standard InChI is InChI=1S/C8H14O4/c1-6(9)8(2,3)12-5-7(10)11-4/h5H2,1-4H3. The van der Waals surface area contributed by atoms with Crippen LogP contribution in [-0.2, 0) is 19.1 Å². The van der Waals surface area contributed by atoms with E-state index in [1.54, 1.807) is 13.8 Å². The lowest BCUT2D eigenvalue weighted by molar-refractivity contribution is -0.155. The second-order valence-electron chi connectivity index (χ2n) is 2.93. The molecule has 0 rings (SSSR count). The molecule has 0 aromatic rings. The Labute approximate surface area is 71.8 Å². The zero-order valence-electron chi connectivity index (χ0n) is 7.84. The van der Waals surface area contributed by atoms with Crippen LogP contribution in [0.25, 0.3) is 0 Å². The first-order valence-electron chi connectivity index (χ1n) is 3.62. The molecule has 0 N–H and O–H groups in total. The Kier molecular flexibility index (Phi) is 3.89. The van der Waals surface area contributed by atoms with Crippen molar-refractivity contribution in [3.8, 4) is 0 Å². The summed E-state index contributed by atoms with van der Waals surface area (Å²) in [6.45, 7) is 4.44. The van der Waals surface area contributed by atoms with Gasteiger partial charge in [0.05, 0.1) is 7.11 Å². The van der Waals surface area contributed by atoms with Crippen LogP contribution < -0.4 is 0 Å². The molecule has 0 amide bonds. The van der Waals surface area contributed by atoms with Gasteiger partial charge in [-0.05, 0) is 20.8 Å². The van der Waals surface area contributed by atoms with E-state index in [2.05, 4.69) is 4.74 Å². The lowest BCUT2D eigenvalue weighted by Crippen LogP contribution is -2.35. The van der Waals surface area contributed by atoms with E-state index in [9.17, 15) is 9.59 Å². The van der Waals surface area contributed by atoms with E-state index in [1.165, 1.54) is 14.0 Å². The van der Waals surface area contributed by atoms with Gasteiger partial charge in [-0.2, -0.15) is 0 Å². The van der Waals surface area contributed by atoms with Gasteiger partial charge in [-0.1, -0.05) is 0 Å². The predicted octanol–water partition coefficient (Wildman–Crippen LogP) is 0.544. The van der Waals surface area contributed by atoms with Crippen molar-refractivity contribution in [2.45, 2.75) is 26.4 Å². The fourth-order valence-electron chi connectivity index (χ4n) is 0.400. The molecule has 0 aliphatic carbocycles. The third-order valence-electron chi connectivity index (χ3n) is 1.63. The van der Waals surface area contributed by atoms with Crippen LogP contribution >= 0.6 is 0 Å². The average Bonchev–Trinajstić information content (AvgIpc) is 2.00. The second-order valence-corrected chi connectivity index (χ2v) is 2.93. The first-order chi connectivity index (χ1) is 5.40. The van der Waals surface area contributed by atoms with E-state index in [0.717, 1.165) is 0 Å². The second kappa shape index (κ2) is 4.21. The topological polar surface area (TPSA) is 52.6 Å². The molecule has 12 heavy (non-hydrogen) atoms. The van der Waals surface area contributed by atoms with Crippen molar-refractivity contribution in [2.24, 2.45) is 0 Å². The summed E-state index contributed by atoms with van der Waals surface area (Å²) in [6.07, 6.45) is 0. The highest BCUT2D eigenvalue weighted by Gasteiger charge is 2.25. The van der Waals surface area contributed by atoms with Gasteiger partial charge < -0.3 is 9.47 Å². The van der Waals surface area contributed by atoms with Crippen LogP contribution in [0.5, 0.6) is 0 Å². The molecule has 0 saturated heterocycles. The van der Waals surface area contributed by atoms with Crippen LogP contribution in [0.15, 0.2) is 0 Å². The molecule has 0 unspecified atom stereocenters. The van der Waals surface area contributed by atoms with Crippen LogP contribution in [0.4, 0.5) is 0 Å². The molecule has 4 heteroatoms. The lowest BCUT2D eigenvalue weighted by Gasteiger charge is -2.20. The van der Waals surface area contributed by atoms with Crippen molar-refractivity contribution in [2.75, 3.05) is 13.7 Å². The number of Topliss-reactive ketones (excluding diaryl/α,β-unsaturated/α-hetero) is 1. The lowest BCUT2D eigenvalue weighted by atomic mass is 10.1. The first-order valence-corrected chi connectivity index (χ1v) is 3.62. The Bertz CT molecular complexity index is 183. The summed E-state index contributed by atoms with van der Waals surface area (Å²) >= 11 is 0. The predicted molar refractivity (Wildman–Crippen MR) is 42.7 cm³/mol. The summed E-state index contributed by atoms with van der Waals surface area (Å²) < 4.78 is 9.37. The summed E-state index contributed by atoms with van der Waals surface area (Å²) in [5.41, 5.74) is -0.909. The van der Waals surface area contributed by atoms with Crippen LogP contribution in [-0.4, -0.2) is 31.1 Å². The molecule has 70 valence electrons. The molecule has 0 atom stereocenters. The number of carbonyl (C=O) groups excluding carboxylic acids is 2. The molecule has 0 spiro atoms. The summed E-state index contributed by atoms with van der Waals surface area (Å²) in [5, 5.41) is 0. The normalized spacial score (nSPS) is 11.0. The van der Waals surface area contributed by atoms with Gasteiger partial charge in [-0.15, -0.1) is 0 Å². The third-order valence-corrected chi connectivity index (χ3v) is 1.63. The first kappa shape index (κ1) is 11.1. The van der Waals surface area contributed by atoms with Crippen molar-refractivity contribution in [3.05, 3.63) is 0 Å². The van der Waals surface area contributed by atoms with Crippen molar-refractivity contribution < 1.29 is 19.1 Å². The monoisotopic (exact) mass is 174 g/mol. The summed E-state index contributed by atoms with van der Waals surface area (Å²) in [6, 6.07) is 0. The largest absolute Gasteiger partial charge is 0.467 e. The number of rotatable bonds is 4. The van der Waals surface area contributed by atoms with Crippen LogP contribution in [0.1, 0.15) is 20.8 Å². The van der Waals surface area contributed by atoms with E-state index in [1.807, 2.05) is 0 Å². The molecule has 0 heterocycles. The summed E-state index contributed by atoms with van der Waals surface area (Å²) in [5.74, 6) is -0.601. The van der Waals surface area contributed by atoms with Gasteiger partial charge >= 0.3 is 5.97 Å². The van der Waals surface area contributed by atoms with Crippen LogP contribution in [0, 0.1) is 0 Å². The van der Waals surface area contributed by atoms with Crippen LogP contribution in [0.3, 0.4) is 0 Å². The Morgan fingerprint density at radius 2 is 1.83 bits per heavy atom. The SMILES string of the molecule is COC(=O)COC(C)(C)C(C)=O. The molecule has 0 aromatic carbocycles. The highest BCUT2D eigenvalue weighted by molar-refractivity contribution is 5.84. The Morgan fingerprint density at radius 1 is 1.33 bits per heavy atom. The number of ether oxygens (including phenoxy) is 2. The van der Waals surface area contributed by atoms with Gasteiger partial charge in [-0.3, -0.25) is 4.79 Å². The van der Waals surface area contributed by atoms with E-state index < -0.39 is 11.6 Å². The summed E-state index contributed by atoms with van der Waals surface area (Å²) in [4.78, 5) is 21.5. The molecule has 0 bridgehead atoms. The molecular formula is C8H14O4. The number of hydrogen-bond acceptors (Lipinski definition) is 4. The molecule has 0 aliphatic heterocycles. The van der Waals surface area contributed by atoms with Gasteiger partial charge in [0.25, 0.3) is 0 Å². The maximum Gasteiger partial charge on any atom is 0.331 e. The fraction of sp³-hybridized carbons (Fsp3) is 0.750. The van der Waals surface area contributed by atoms with Gasteiger partial charge in [0.2, 0.25) is 0 Å². The number of methoxy groups -OCH3 is 1. The summed E-state index contributed by atoms with van der Waals surface area (Å²) in [7, 11) is 1.27. The number of hydrogen-bond donors (Lipinski definition) is 0. The minimum absolute atomic E-state index is 0.119. The molecule has 0 radical (unpaired) electrons. The van der Waals surface area contributed by atoms with Crippen molar-refractivity contribution in [1.29, 1.82) is 0 Å². The van der Waals surface area contributed by atoms with Crippen molar-refractivity contribution >= 4 is 11.8 Å². The van der Waals surface area contributed by atoms with Gasteiger partial charge in [0.1, 0.15) is 12.2 Å². The fourth-order valence-corrected chi connectivity index (χ4v) is 0.400.